The van der Waals surface area contributed by atoms with E-state index in [1.165, 1.54) is 27.2 Å². The third kappa shape index (κ3) is 25.9. The Labute approximate surface area is 371 Å². The number of carbonyl (C=O) groups excluding carboxylic acids is 2. The van der Waals surface area contributed by atoms with Gasteiger partial charge in [0.1, 0.15) is 6.61 Å². The summed E-state index contributed by atoms with van der Waals surface area (Å²) in [6.07, 6.45) is 0.0885. The van der Waals surface area contributed by atoms with Crippen molar-refractivity contribution in [3.05, 3.63) is 59.7 Å². The van der Waals surface area contributed by atoms with Crippen LogP contribution in [0.25, 0.3) is 11.1 Å². The van der Waals surface area contributed by atoms with Crippen molar-refractivity contribution in [2.24, 2.45) is 0 Å². The van der Waals surface area contributed by atoms with Crippen molar-refractivity contribution in [3.63, 3.8) is 0 Å². The van der Waals surface area contributed by atoms with Crippen molar-refractivity contribution in [1.82, 2.24) is 10.2 Å². The van der Waals surface area contributed by atoms with Gasteiger partial charge in [-0.3, -0.25) is 9.59 Å². The fraction of sp³-hybridized carbons (Fsp3) is 0.667. The van der Waals surface area contributed by atoms with Crippen LogP contribution in [0.5, 0.6) is 0 Å². The Balaban J connectivity index is 0.934. The van der Waals surface area contributed by atoms with E-state index in [9.17, 15) is 14.4 Å². The van der Waals surface area contributed by atoms with E-state index in [1.807, 2.05) is 24.3 Å². The SMILES string of the molecule is CN(CCOCCOCCOCCOCCOCCOCCOCCOCCOCCOCCOCCCNC(=O)CCC(=O)O)C(=O)OCC1c2ccccc2-c2ccccc21. The van der Waals surface area contributed by atoms with Crippen LogP contribution in [0.15, 0.2) is 48.5 Å². The lowest BCUT2D eigenvalue weighted by atomic mass is 9.98. The van der Waals surface area contributed by atoms with Crippen molar-refractivity contribution in [1.29, 1.82) is 0 Å². The minimum Gasteiger partial charge on any atom is -0.481 e. The molecule has 0 unspecified atom stereocenters. The maximum atomic E-state index is 12.6. The third-order valence-corrected chi connectivity index (χ3v) is 9.29. The molecule has 1 aliphatic carbocycles. The number of ether oxygens (including phenoxy) is 12. The number of amides is 2. The van der Waals surface area contributed by atoms with Crippen LogP contribution in [0.3, 0.4) is 0 Å². The van der Waals surface area contributed by atoms with Crippen molar-refractivity contribution in [3.8, 4) is 11.1 Å². The van der Waals surface area contributed by atoms with E-state index >= 15 is 0 Å². The molecule has 63 heavy (non-hydrogen) atoms. The lowest BCUT2D eigenvalue weighted by molar-refractivity contribution is -0.138. The Bertz CT molecular complexity index is 1440. The first-order valence-corrected chi connectivity index (χ1v) is 21.9. The summed E-state index contributed by atoms with van der Waals surface area (Å²) in [7, 11) is 1.71. The fourth-order valence-electron chi connectivity index (χ4n) is 6.01. The lowest BCUT2D eigenvalue weighted by Crippen LogP contribution is -2.32. The number of likely N-dealkylation sites (N-methyl/N-ethyl adjacent to an activating group) is 1. The van der Waals surface area contributed by atoms with E-state index in [4.69, 9.17) is 61.9 Å². The quantitative estimate of drug-likeness (QED) is 0.0919. The van der Waals surface area contributed by atoms with Gasteiger partial charge in [0, 0.05) is 39.1 Å². The second-order valence-corrected chi connectivity index (χ2v) is 14.1. The maximum Gasteiger partial charge on any atom is 0.409 e. The minimum atomic E-state index is -0.987. The van der Waals surface area contributed by atoms with Crippen molar-refractivity contribution in [2.45, 2.75) is 25.2 Å². The standard InChI is InChI=1S/C45H70N2O16/c1-47(45(51)63-37-42-40-9-4-2-7-38(40)39-8-3-5-10-41(39)42)14-16-53-18-20-55-22-24-57-26-28-59-30-32-61-34-36-62-35-33-60-31-29-58-27-25-56-23-21-54-19-17-52-15-6-13-46-43(48)11-12-44(49)50/h2-5,7-10,42H,6,11-37H2,1H3,(H,46,48)(H,49,50). The Morgan fingerprint density at radius 2 is 0.857 bits per heavy atom. The lowest BCUT2D eigenvalue weighted by Gasteiger charge is -2.19. The monoisotopic (exact) mass is 894 g/mol. The summed E-state index contributed by atoms with van der Waals surface area (Å²) in [6, 6.07) is 16.5. The molecule has 2 aromatic rings. The largest absolute Gasteiger partial charge is 0.481 e. The van der Waals surface area contributed by atoms with Gasteiger partial charge in [-0.25, -0.2) is 4.79 Å². The molecule has 0 aromatic heterocycles. The second kappa shape index (κ2) is 36.5. The number of carboxylic acid groups (broad SMARTS) is 1. The summed E-state index contributed by atoms with van der Waals surface area (Å²) in [5, 5.41) is 11.2. The highest BCUT2D eigenvalue weighted by molar-refractivity contribution is 5.80. The Morgan fingerprint density at radius 3 is 1.24 bits per heavy atom. The Morgan fingerprint density at radius 1 is 0.508 bits per heavy atom. The highest BCUT2D eigenvalue weighted by atomic mass is 16.6. The van der Waals surface area contributed by atoms with Crippen LogP contribution in [-0.2, 0) is 66.4 Å². The molecule has 0 aliphatic heterocycles. The van der Waals surface area contributed by atoms with Crippen LogP contribution in [0.2, 0.25) is 0 Å². The molecule has 2 N–H and O–H groups in total. The molecular formula is C45H70N2O16. The zero-order valence-corrected chi connectivity index (χ0v) is 37.0. The molecule has 18 nitrogen and oxygen atoms in total. The number of hydrogen-bond acceptors (Lipinski definition) is 15. The molecule has 0 radical (unpaired) electrons. The van der Waals surface area contributed by atoms with Crippen LogP contribution < -0.4 is 5.32 Å². The smallest absolute Gasteiger partial charge is 0.409 e. The fourth-order valence-corrected chi connectivity index (χ4v) is 6.01. The molecule has 0 saturated carbocycles. The van der Waals surface area contributed by atoms with Gasteiger partial charge in [0.2, 0.25) is 5.91 Å². The number of carboxylic acids is 1. The summed E-state index contributed by atoms with van der Waals surface area (Å²) >= 11 is 0. The summed E-state index contributed by atoms with van der Waals surface area (Å²) in [6.45, 7) is 11.2. The van der Waals surface area contributed by atoms with E-state index in [-0.39, 0.29) is 30.8 Å². The summed E-state index contributed by atoms with van der Waals surface area (Å²) < 4.78 is 66.2. The topological polar surface area (TPSA) is 197 Å². The van der Waals surface area contributed by atoms with Crippen LogP contribution >= 0.6 is 0 Å². The minimum absolute atomic E-state index is 0.0156. The van der Waals surface area contributed by atoms with Crippen molar-refractivity contribution in [2.75, 3.05) is 172 Å². The van der Waals surface area contributed by atoms with Crippen molar-refractivity contribution < 1.29 is 76.3 Å². The Hall–Kier alpha value is -3.79. The molecule has 0 saturated heterocycles. The van der Waals surface area contributed by atoms with Gasteiger partial charge in [0.25, 0.3) is 0 Å². The average Bonchev–Trinajstić information content (AvgIpc) is 3.61. The molecule has 18 heteroatoms. The van der Waals surface area contributed by atoms with E-state index in [0.29, 0.717) is 171 Å². The zero-order chi connectivity index (χ0) is 44.8. The molecule has 3 rings (SSSR count). The number of rotatable bonds is 42. The number of nitrogens with one attached hydrogen (secondary N) is 1. The summed E-state index contributed by atoms with van der Waals surface area (Å²) in [5.74, 6) is -1.23. The Kier molecular flexibility index (Phi) is 31.1. The molecule has 2 aromatic carbocycles. The second-order valence-electron chi connectivity index (χ2n) is 14.1. The third-order valence-electron chi connectivity index (χ3n) is 9.29. The molecule has 0 fully saturated rings. The normalized spacial score (nSPS) is 12.0. The van der Waals surface area contributed by atoms with Crippen LogP contribution in [0.1, 0.15) is 36.3 Å². The predicted octanol–water partition coefficient (Wildman–Crippen LogP) is 3.42. The molecule has 2 amide bonds. The first-order valence-electron chi connectivity index (χ1n) is 21.9. The number of nitrogens with zero attached hydrogens (tertiary/aromatic N) is 1. The highest BCUT2D eigenvalue weighted by Crippen LogP contribution is 2.44. The molecule has 1 aliphatic rings. The van der Waals surface area contributed by atoms with Gasteiger partial charge in [-0.1, -0.05) is 48.5 Å². The van der Waals surface area contributed by atoms with Crippen LogP contribution in [0, 0.1) is 0 Å². The van der Waals surface area contributed by atoms with Gasteiger partial charge in [0.05, 0.1) is 145 Å². The van der Waals surface area contributed by atoms with E-state index in [0.717, 1.165) is 0 Å². The summed E-state index contributed by atoms with van der Waals surface area (Å²) in [4.78, 5) is 36.0. The van der Waals surface area contributed by atoms with E-state index in [2.05, 4.69) is 29.6 Å². The predicted molar refractivity (Wildman–Crippen MR) is 231 cm³/mol. The van der Waals surface area contributed by atoms with Crippen molar-refractivity contribution >= 4 is 18.0 Å². The average molecular weight is 895 g/mol. The first-order chi connectivity index (χ1) is 31.0. The highest BCUT2D eigenvalue weighted by Gasteiger charge is 2.29. The number of benzene rings is 2. The number of carbonyl (C=O) groups is 3. The van der Waals surface area contributed by atoms with Gasteiger partial charge < -0.3 is 72.2 Å². The van der Waals surface area contributed by atoms with Gasteiger partial charge in [0.15, 0.2) is 0 Å². The maximum absolute atomic E-state index is 12.6. The molecular weight excluding hydrogens is 824 g/mol. The van der Waals surface area contributed by atoms with Gasteiger partial charge in [-0.15, -0.1) is 0 Å². The molecule has 356 valence electrons. The van der Waals surface area contributed by atoms with E-state index in [1.54, 1.807) is 7.05 Å². The molecule has 0 spiro atoms. The van der Waals surface area contributed by atoms with Gasteiger partial charge >= 0.3 is 12.1 Å². The first kappa shape index (κ1) is 53.5. The van der Waals surface area contributed by atoms with Crippen LogP contribution in [0.4, 0.5) is 4.79 Å². The zero-order valence-electron chi connectivity index (χ0n) is 37.0. The number of hydrogen-bond donors (Lipinski definition) is 2. The number of fused-ring (bicyclic) bond motifs is 3. The van der Waals surface area contributed by atoms with Gasteiger partial charge in [-0.05, 0) is 28.7 Å². The summed E-state index contributed by atoms with van der Waals surface area (Å²) in [5.41, 5.74) is 4.77. The molecule has 0 heterocycles. The van der Waals surface area contributed by atoms with E-state index < -0.39 is 5.97 Å². The molecule has 0 atom stereocenters. The van der Waals surface area contributed by atoms with Gasteiger partial charge in [-0.2, -0.15) is 0 Å². The number of aliphatic carboxylic acids is 1. The van der Waals surface area contributed by atoms with Crippen LogP contribution in [-0.4, -0.2) is 200 Å². The molecule has 0 bridgehead atoms.